The molecule has 0 bridgehead atoms. The van der Waals surface area contributed by atoms with Crippen LogP contribution in [0.1, 0.15) is 33.3 Å². The smallest absolute Gasteiger partial charge is 0.261 e. The summed E-state index contributed by atoms with van der Waals surface area (Å²) >= 11 is 0. The number of nitrogens with zero attached hydrogens (tertiary/aromatic N) is 2. The van der Waals surface area contributed by atoms with Gasteiger partial charge in [-0.15, -0.1) is 0 Å². The fourth-order valence-electron chi connectivity index (χ4n) is 3.24. The van der Waals surface area contributed by atoms with Crippen molar-refractivity contribution in [3.05, 3.63) is 71.5 Å². The van der Waals surface area contributed by atoms with Gasteiger partial charge in [0, 0.05) is 40.7 Å². The number of carbonyl (C=O) groups is 3. The molecule has 3 amide bonds. The molecule has 1 aliphatic rings. The number of rotatable bonds is 3. The average Bonchev–Trinajstić information content (AvgIpc) is 2.64. The zero-order chi connectivity index (χ0) is 18.3. The molecule has 1 aliphatic heterocycles. The minimum atomic E-state index is -0.362. The summed E-state index contributed by atoms with van der Waals surface area (Å²) in [5, 5.41) is 4.00. The number of imide groups is 1. The van der Waals surface area contributed by atoms with Gasteiger partial charge in [-0.1, -0.05) is 18.2 Å². The van der Waals surface area contributed by atoms with Crippen molar-refractivity contribution in [2.75, 3.05) is 5.32 Å². The maximum Gasteiger partial charge on any atom is 0.261 e. The summed E-state index contributed by atoms with van der Waals surface area (Å²) in [4.78, 5) is 42.7. The normalized spacial score (nSPS) is 13.2. The highest BCUT2D eigenvalue weighted by molar-refractivity contribution is 6.27. The van der Waals surface area contributed by atoms with Crippen LogP contribution in [0.5, 0.6) is 0 Å². The molecular weight excluding hydrogens is 330 g/mol. The Morgan fingerprint density at radius 2 is 1.77 bits per heavy atom. The molecule has 0 radical (unpaired) electrons. The number of hydrogen-bond acceptors (Lipinski definition) is 4. The lowest BCUT2D eigenvalue weighted by molar-refractivity contribution is -0.114. The van der Waals surface area contributed by atoms with E-state index in [-0.39, 0.29) is 24.3 Å². The summed E-state index contributed by atoms with van der Waals surface area (Å²) in [6.07, 6.45) is 1.63. The Labute approximate surface area is 149 Å². The van der Waals surface area contributed by atoms with Crippen molar-refractivity contribution < 1.29 is 14.4 Å². The van der Waals surface area contributed by atoms with E-state index >= 15 is 0 Å². The van der Waals surface area contributed by atoms with Crippen molar-refractivity contribution in [1.82, 2.24) is 9.88 Å². The number of nitrogens with one attached hydrogen (secondary N) is 1. The maximum absolute atomic E-state index is 12.9. The van der Waals surface area contributed by atoms with Gasteiger partial charge in [0.2, 0.25) is 5.91 Å². The summed E-state index contributed by atoms with van der Waals surface area (Å²) in [6, 6.07) is 14.0. The van der Waals surface area contributed by atoms with Crippen molar-refractivity contribution in [2.24, 2.45) is 0 Å². The molecule has 0 saturated carbocycles. The van der Waals surface area contributed by atoms with E-state index in [1.54, 1.807) is 48.7 Å². The standard InChI is InChI=1S/C20H15N3O3/c1-12(24)22-17-9-8-16-18-14(17)6-4-7-15(18)19(25)23(20(16)26)11-13-5-2-3-10-21-13/h2-10H,11H2,1H3,(H,22,24). The second-order valence-corrected chi connectivity index (χ2v) is 6.09. The van der Waals surface area contributed by atoms with Crippen LogP contribution in [0, 0.1) is 0 Å². The predicted octanol–water partition coefficient (Wildman–Crippen LogP) is 2.99. The molecule has 2 heterocycles. The summed E-state index contributed by atoms with van der Waals surface area (Å²) in [6.45, 7) is 1.53. The summed E-state index contributed by atoms with van der Waals surface area (Å²) < 4.78 is 0. The van der Waals surface area contributed by atoms with Crippen LogP contribution in [-0.2, 0) is 11.3 Å². The third kappa shape index (κ3) is 2.52. The van der Waals surface area contributed by atoms with Gasteiger partial charge in [0.15, 0.2) is 0 Å². The Kier molecular flexibility index (Phi) is 3.73. The van der Waals surface area contributed by atoms with E-state index in [9.17, 15) is 14.4 Å². The van der Waals surface area contributed by atoms with Crippen LogP contribution in [0.25, 0.3) is 10.8 Å². The Balaban J connectivity index is 1.84. The van der Waals surface area contributed by atoms with E-state index in [0.29, 0.717) is 33.3 Å². The Bertz CT molecular complexity index is 1040. The van der Waals surface area contributed by atoms with E-state index in [1.165, 1.54) is 11.8 Å². The minimum Gasteiger partial charge on any atom is -0.326 e. The van der Waals surface area contributed by atoms with Crippen molar-refractivity contribution in [3.8, 4) is 0 Å². The zero-order valence-corrected chi connectivity index (χ0v) is 14.0. The van der Waals surface area contributed by atoms with Gasteiger partial charge in [0.1, 0.15) is 0 Å². The minimum absolute atomic E-state index is 0.113. The average molecular weight is 345 g/mol. The first kappa shape index (κ1) is 16.0. The van der Waals surface area contributed by atoms with Crippen LogP contribution in [0.4, 0.5) is 5.69 Å². The third-order valence-corrected chi connectivity index (χ3v) is 4.35. The van der Waals surface area contributed by atoms with E-state index in [2.05, 4.69) is 10.3 Å². The molecule has 128 valence electrons. The predicted molar refractivity (Wildman–Crippen MR) is 96.7 cm³/mol. The zero-order valence-electron chi connectivity index (χ0n) is 14.0. The summed E-state index contributed by atoms with van der Waals surface area (Å²) in [5.41, 5.74) is 2.11. The molecular formula is C20H15N3O3. The Morgan fingerprint density at radius 3 is 2.46 bits per heavy atom. The van der Waals surface area contributed by atoms with Gasteiger partial charge in [-0.05, 0) is 30.3 Å². The van der Waals surface area contributed by atoms with Gasteiger partial charge >= 0.3 is 0 Å². The molecule has 6 nitrogen and oxygen atoms in total. The molecule has 0 aliphatic carbocycles. The molecule has 0 spiro atoms. The number of anilines is 1. The number of carbonyl (C=O) groups excluding carboxylic acids is 3. The van der Waals surface area contributed by atoms with Gasteiger partial charge in [-0.3, -0.25) is 24.3 Å². The van der Waals surface area contributed by atoms with Gasteiger partial charge < -0.3 is 5.32 Å². The van der Waals surface area contributed by atoms with Gasteiger partial charge in [-0.2, -0.15) is 0 Å². The van der Waals surface area contributed by atoms with Crippen LogP contribution in [0.3, 0.4) is 0 Å². The molecule has 0 atom stereocenters. The lowest BCUT2D eigenvalue weighted by atomic mass is 9.93. The first-order chi connectivity index (χ1) is 12.6. The highest BCUT2D eigenvalue weighted by Crippen LogP contribution is 2.34. The summed E-state index contributed by atoms with van der Waals surface area (Å²) in [7, 11) is 0. The molecule has 0 fully saturated rings. The van der Waals surface area contributed by atoms with Crippen molar-refractivity contribution in [1.29, 1.82) is 0 Å². The van der Waals surface area contributed by atoms with Crippen molar-refractivity contribution >= 4 is 34.2 Å². The van der Waals surface area contributed by atoms with Gasteiger partial charge in [0.05, 0.1) is 12.2 Å². The quantitative estimate of drug-likeness (QED) is 0.740. The maximum atomic E-state index is 12.9. The second-order valence-electron chi connectivity index (χ2n) is 6.09. The SMILES string of the molecule is CC(=O)Nc1ccc2c3c(cccc13)C(=O)N(Cc1ccccn1)C2=O. The fourth-order valence-corrected chi connectivity index (χ4v) is 3.24. The fraction of sp³-hybridized carbons (Fsp3) is 0.100. The lowest BCUT2D eigenvalue weighted by Crippen LogP contribution is -2.40. The molecule has 26 heavy (non-hydrogen) atoms. The third-order valence-electron chi connectivity index (χ3n) is 4.35. The topological polar surface area (TPSA) is 79.4 Å². The molecule has 6 heteroatoms. The number of aromatic nitrogens is 1. The Hall–Kier alpha value is -3.54. The monoisotopic (exact) mass is 345 g/mol. The summed E-state index contributed by atoms with van der Waals surface area (Å²) in [5.74, 6) is -0.937. The van der Waals surface area contributed by atoms with E-state index in [4.69, 9.17) is 0 Å². The van der Waals surface area contributed by atoms with Crippen LogP contribution in [0.15, 0.2) is 54.7 Å². The van der Waals surface area contributed by atoms with Crippen LogP contribution in [0.2, 0.25) is 0 Å². The highest BCUT2D eigenvalue weighted by Gasteiger charge is 2.33. The molecule has 4 rings (SSSR count). The molecule has 1 N–H and O–H groups in total. The van der Waals surface area contributed by atoms with Crippen LogP contribution >= 0.6 is 0 Å². The van der Waals surface area contributed by atoms with Crippen LogP contribution in [-0.4, -0.2) is 27.6 Å². The van der Waals surface area contributed by atoms with Crippen LogP contribution < -0.4 is 5.32 Å². The van der Waals surface area contributed by atoms with Gasteiger partial charge in [-0.25, -0.2) is 0 Å². The first-order valence-corrected chi connectivity index (χ1v) is 8.15. The second kappa shape index (κ2) is 6.07. The van der Waals surface area contributed by atoms with E-state index < -0.39 is 0 Å². The number of benzene rings is 2. The molecule has 1 aromatic heterocycles. The molecule has 0 saturated heterocycles. The Morgan fingerprint density at radius 1 is 1.00 bits per heavy atom. The number of pyridine rings is 1. The molecule has 3 aromatic rings. The van der Waals surface area contributed by atoms with Crippen molar-refractivity contribution in [2.45, 2.75) is 13.5 Å². The van der Waals surface area contributed by atoms with Gasteiger partial charge in [0.25, 0.3) is 11.8 Å². The highest BCUT2D eigenvalue weighted by atomic mass is 16.2. The van der Waals surface area contributed by atoms with E-state index in [1.807, 2.05) is 6.07 Å². The number of amides is 3. The molecule has 0 unspecified atom stereocenters. The van der Waals surface area contributed by atoms with Crippen molar-refractivity contribution in [3.63, 3.8) is 0 Å². The van der Waals surface area contributed by atoms with E-state index in [0.717, 1.165) is 0 Å². The number of hydrogen-bond donors (Lipinski definition) is 1. The lowest BCUT2D eigenvalue weighted by Gasteiger charge is -2.27. The largest absolute Gasteiger partial charge is 0.326 e. The first-order valence-electron chi connectivity index (χ1n) is 8.15. The molecule has 2 aromatic carbocycles.